The molecule has 2 unspecified atom stereocenters. The molecule has 1 saturated carbocycles. The smallest absolute Gasteiger partial charge is 0.191 e. The molecule has 28 heavy (non-hydrogen) atoms. The summed E-state index contributed by atoms with van der Waals surface area (Å²) in [5, 5.41) is 7.26. The Kier molecular flexibility index (Phi) is 8.26. The molecule has 0 radical (unpaired) electrons. The molecule has 5 nitrogen and oxygen atoms in total. The third kappa shape index (κ3) is 5.53. The zero-order valence-corrected chi connectivity index (χ0v) is 19.5. The fraction of sp³-hybridized carbons (Fsp3) is 0.682. The van der Waals surface area contributed by atoms with E-state index in [-0.39, 0.29) is 24.0 Å². The maximum atomic E-state index is 4.47. The third-order valence-electron chi connectivity index (χ3n) is 6.59. The molecule has 1 aliphatic carbocycles. The Morgan fingerprint density at radius 3 is 2.57 bits per heavy atom. The topological polar surface area (TPSA) is 42.9 Å². The lowest BCUT2D eigenvalue weighted by Crippen LogP contribution is -2.46. The summed E-state index contributed by atoms with van der Waals surface area (Å²) in [7, 11) is 1.89. The second-order valence-electron chi connectivity index (χ2n) is 8.45. The van der Waals surface area contributed by atoms with Crippen molar-refractivity contribution < 1.29 is 0 Å². The van der Waals surface area contributed by atoms with Gasteiger partial charge in [-0.05, 0) is 43.7 Å². The zero-order chi connectivity index (χ0) is 18.5. The van der Waals surface area contributed by atoms with Gasteiger partial charge >= 0.3 is 0 Å². The summed E-state index contributed by atoms with van der Waals surface area (Å²) in [6.45, 7) is 5.71. The van der Waals surface area contributed by atoms with Gasteiger partial charge in [0.2, 0.25) is 0 Å². The summed E-state index contributed by atoms with van der Waals surface area (Å²) in [6.07, 6.45) is 8.13. The molecule has 2 N–H and O–H groups in total. The molecule has 4 rings (SSSR count). The summed E-state index contributed by atoms with van der Waals surface area (Å²) < 4.78 is 0. The number of guanidine groups is 1. The SMILES string of the molecule is CN=C(NCC1CCN(c2ccccc2)C1)NC1CCN(C2CCCC2)C1.I. The van der Waals surface area contributed by atoms with Gasteiger partial charge in [-0.3, -0.25) is 9.89 Å². The van der Waals surface area contributed by atoms with Crippen LogP contribution in [0.1, 0.15) is 38.5 Å². The van der Waals surface area contributed by atoms with Crippen LogP contribution < -0.4 is 15.5 Å². The first-order chi connectivity index (χ1) is 13.3. The first kappa shape index (κ1) is 21.7. The van der Waals surface area contributed by atoms with E-state index in [1.807, 2.05) is 7.05 Å². The van der Waals surface area contributed by atoms with Crippen LogP contribution >= 0.6 is 24.0 Å². The van der Waals surface area contributed by atoms with Crippen molar-refractivity contribution >= 4 is 35.6 Å². The van der Waals surface area contributed by atoms with E-state index in [0.717, 1.165) is 31.6 Å². The van der Waals surface area contributed by atoms with Crippen LogP contribution in [0.2, 0.25) is 0 Å². The van der Waals surface area contributed by atoms with Gasteiger partial charge in [-0.15, -0.1) is 24.0 Å². The van der Waals surface area contributed by atoms with E-state index in [1.54, 1.807) is 0 Å². The predicted octanol–water partition coefficient (Wildman–Crippen LogP) is 3.31. The molecule has 1 aromatic carbocycles. The molecule has 2 aliphatic heterocycles. The Hall–Kier alpha value is -1.02. The highest BCUT2D eigenvalue weighted by Crippen LogP contribution is 2.26. The van der Waals surface area contributed by atoms with E-state index in [2.05, 4.69) is 55.8 Å². The van der Waals surface area contributed by atoms with Crippen LogP contribution in [0.4, 0.5) is 5.69 Å². The highest BCUT2D eigenvalue weighted by molar-refractivity contribution is 14.0. The van der Waals surface area contributed by atoms with Crippen LogP contribution in [0, 0.1) is 5.92 Å². The molecule has 3 aliphatic rings. The van der Waals surface area contributed by atoms with Gasteiger partial charge in [-0.1, -0.05) is 31.0 Å². The first-order valence-corrected chi connectivity index (χ1v) is 10.8. The fourth-order valence-corrected chi connectivity index (χ4v) is 5.01. The molecule has 0 bridgehead atoms. The lowest BCUT2D eigenvalue weighted by Gasteiger charge is -2.24. The van der Waals surface area contributed by atoms with Gasteiger partial charge in [0.15, 0.2) is 5.96 Å². The molecule has 1 aromatic rings. The van der Waals surface area contributed by atoms with Crippen molar-refractivity contribution in [3.8, 4) is 0 Å². The van der Waals surface area contributed by atoms with Crippen LogP contribution in [-0.4, -0.2) is 62.7 Å². The summed E-state index contributed by atoms with van der Waals surface area (Å²) in [4.78, 5) is 9.67. The van der Waals surface area contributed by atoms with Gasteiger partial charge < -0.3 is 15.5 Å². The fourth-order valence-electron chi connectivity index (χ4n) is 5.01. The number of halogens is 1. The second kappa shape index (κ2) is 10.7. The van der Waals surface area contributed by atoms with E-state index in [9.17, 15) is 0 Å². The van der Waals surface area contributed by atoms with Gasteiger partial charge in [0.25, 0.3) is 0 Å². The monoisotopic (exact) mass is 497 g/mol. The van der Waals surface area contributed by atoms with E-state index >= 15 is 0 Å². The van der Waals surface area contributed by atoms with E-state index in [0.29, 0.717) is 12.0 Å². The van der Waals surface area contributed by atoms with Crippen molar-refractivity contribution in [2.75, 3.05) is 44.7 Å². The molecular weight excluding hydrogens is 461 g/mol. The quantitative estimate of drug-likeness (QED) is 0.372. The van der Waals surface area contributed by atoms with Crippen molar-refractivity contribution in [3.63, 3.8) is 0 Å². The molecule has 2 heterocycles. The predicted molar refractivity (Wildman–Crippen MR) is 129 cm³/mol. The van der Waals surface area contributed by atoms with Crippen molar-refractivity contribution in [1.82, 2.24) is 15.5 Å². The molecule has 2 atom stereocenters. The van der Waals surface area contributed by atoms with E-state index in [4.69, 9.17) is 0 Å². The molecule has 0 amide bonds. The van der Waals surface area contributed by atoms with Crippen LogP contribution in [0.25, 0.3) is 0 Å². The standard InChI is InChI=1S/C22H35N5.HI/c1-23-22(25-19-12-14-27(17-19)21-9-5-6-10-21)24-15-18-11-13-26(16-18)20-7-3-2-4-8-20;/h2-4,7-8,18-19,21H,5-6,9-17H2,1H3,(H2,23,24,25);1H. The number of nitrogens with zero attached hydrogens (tertiary/aromatic N) is 3. The first-order valence-electron chi connectivity index (χ1n) is 10.8. The van der Waals surface area contributed by atoms with Crippen molar-refractivity contribution in [3.05, 3.63) is 30.3 Å². The highest BCUT2D eigenvalue weighted by atomic mass is 127. The molecule has 6 heteroatoms. The summed E-state index contributed by atoms with van der Waals surface area (Å²) in [5.74, 6) is 1.66. The molecule has 0 spiro atoms. The number of anilines is 1. The zero-order valence-electron chi connectivity index (χ0n) is 17.1. The molecular formula is C22H36IN5. The van der Waals surface area contributed by atoms with E-state index in [1.165, 1.54) is 57.3 Å². The highest BCUT2D eigenvalue weighted by Gasteiger charge is 2.30. The van der Waals surface area contributed by atoms with Gasteiger partial charge in [0.1, 0.15) is 0 Å². The Labute approximate surface area is 187 Å². The molecule has 2 saturated heterocycles. The van der Waals surface area contributed by atoms with Gasteiger partial charge in [0.05, 0.1) is 0 Å². The van der Waals surface area contributed by atoms with Crippen molar-refractivity contribution in [2.24, 2.45) is 10.9 Å². The van der Waals surface area contributed by atoms with Crippen LogP contribution in [-0.2, 0) is 0 Å². The second-order valence-corrected chi connectivity index (χ2v) is 8.45. The molecule has 0 aromatic heterocycles. The Morgan fingerprint density at radius 1 is 1.04 bits per heavy atom. The minimum atomic E-state index is 0. The van der Waals surface area contributed by atoms with Gasteiger partial charge in [-0.25, -0.2) is 0 Å². The van der Waals surface area contributed by atoms with Crippen LogP contribution in [0.3, 0.4) is 0 Å². The lowest BCUT2D eigenvalue weighted by atomic mass is 10.1. The maximum absolute atomic E-state index is 4.47. The number of likely N-dealkylation sites (tertiary alicyclic amines) is 1. The summed E-state index contributed by atoms with van der Waals surface area (Å²) >= 11 is 0. The number of hydrogen-bond donors (Lipinski definition) is 2. The Balaban J connectivity index is 0.00000225. The van der Waals surface area contributed by atoms with Crippen molar-refractivity contribution in [1.29, 1.82) is 0 Å². The summed E-state index contributed by atoms with van der Waals surface area (Å²) in [5.41, 5.74) is 1.35. The van der Waals surface area contributed by atoms with Crippen LogP contribution in [0.15, 0.2) is 35.3 Å². The number of aliphatic imine (C=N–C) groups is 1. The van der Waals surface area contributed by atoms with Crippen LogP contribution in [0.5, 0.6) is 0 Å². The number of rotatable bonds is 5. The van der Waals surface area contributed by atoms with Gasteiger partial charge in [0, 0.05) is 57.5 Å². The average molecular weight is 497 g/mol. The normalized spacial score (nSPS) is 26.5. The maximum Gasteiger partial charge on any atom is 0.191 e. The third-order valence-corrected chi connectivity index (χ3v) is 6.59. The number of hydrogen-bond acceptors (Lipinski definition) is 3. The molecule has 156 valence electrons. The lowest BCUT2D eigenvalue weighted by molar-refractivity contribution is 0.242. The number of benzene rings is 1. The average Bonchev–Trinajstić information content (AvgIpc) is 3.47. The number of para-hydroxylation sites is 1. The Morgan fingerprint density at radius 2 is 1.82 bits per heavy atom. The minimum absolute atomic E-state index is 0. The van der Waals surface area contributed by atoms with Gasteiger partial charge in [-0.2, -0.15) is 0 Å². The van der Waals surface area contributed by atoms with Crippen molar-refractivity contribution in [2.45, 2.75) is 50.6 Å². The van der Waals surface area contributed by atoms with E-state index < -0.39 is 0 Å². The minimum Gasteiger partial charge on any atom is -0.371 e. The Bertz CT molecular complexity index is 617. The number of nitrogens with one attached hydrogen (secondary N) is 2. The summed E-state index contributed by atoms with van der Waals surface area (Å²) in [6, 6.07) is 12.2. The largest absolute Gasteiger partial charge is 0.371 e. The molecule has 3 fully saturated rings.